The van der Waals surface area contributed by atoms with Crippen molar-refractivity contribution in [1.82, 2.24) is 19.9 Å². The molecule has 1 aliphatic rings. The molecule has 1 aliphatic heterocycles. The van der Waals surface area contributed by atoms with Crippen LogP contribution in [0.5, 0.6) is 0 Å². The lowest BCUT2D eigenvalue weighted by molar-refractivity contribution is 0.0695. The van der Waals surface area contributed by atoms with E-state index in [9.17, 15) is 9.90 Å². The van der Waals surface area contributed by atoms with E-state index in [2.05, 4.69) is 14.9 Å². The molecule has 0 spiro atoms. The smallest absolute Gasteiger partial charge is 0.337 e. The van der Waals surface area contributed by atoms with Crippen LogP contribution in [0.25, 0.3) is 11.4 Å². The van der Waals surface area contributed by atoms with Crippen molar-refractivity contribution in [2.75, 3.05) is 12.3 Å². The van der Waals surface area contributed by atoms with Crippen LogP contribution in [0.3, 0.4) is 0 Å². The van der Waals surface area contributed by atoms with Crippen LogP contribution in [-0.2, 0) is 19.5 Å². The number of nitrogens with one attached hydrogen (secondary N) is 1. The minimum Gasteiger partial charge on any atom is -0.478 e. The average molecular weight is 377 g/mol. The Labute approximate surface area is 163 Å². The largest absolute Gasteiger partial charge is 0.478 e. The second-order valence-corrected chi connectivity index (χ2v) is 7.28. The Morgan fingerprint density at radius 3 is 2.71 bits per heavy atom. The summed E-state index contributed by atoms with van der Waals surface area (Å²) in [6, 6.07) is 7.57. The zero-order chi connectivity index (χ0) is 19.8. The number of carbonyl (C=O) groups is 1. The first-order chi connectivity index (χ1) is 13.4. The molecule has 0 radical (unpaired) electrons. The van der Waals surface area contributed by atoms with E-state index in [0.29, 0.717) is 23.6 Å². The van der Waals surface area contributed by atoms with E-state index < -0.39 is 5.97 Å². The maximum Gasteiger partial charge on any atom is 0.337 e. The quantitative estimate of drug-likeness (QED) is 0.603. The number of nitrogens with two attached hydrogens (primary N) is 1. The van der Waals surface area contributed by atoms with Crippen LogP contribution in [0.2, 0.25) is 0 Å². The molecule has 0 unspecified atom stereocenters. The number of aromatic nitrogens is 3. The first kappa shape index (κ1) is 18.2. The van der Waals surface area contributed by atoms with Gasteiger partial charge in [0.2, 0.25) is 0 Å². The number of rotatable bonds is 4. The second kappa shape index (κ2) is 7.09. The molecule has 144 valence electrons. The van der Waals surface area contributed by atoms with E-state index in [-0.39, 0.29) is 0 Å². The predicted molar refractivity (Wildman–Crippen MR) is 107 cm³/mol. The van der Waals surface area contributed by atoms with Crippen molar-refractivity contribution in [3.8, 4) is 11.4 Å². The summed E-state index contributed by atoms with van der Waals surface area (Å²) in [6.07, 6.45) is 2.74. The lowest BCUT2D eigenvalue weighted by Gasteiger charge is -2.28. The van der Waals surface area contributed by atoms with Gasteiger partial charge in [-0.05, 0) is 43.7 Å². The highest BCUT2D eigenvalue weighted by Crippen LogP contribution is 2.24. The number of hydrogen-bond donors (Lipinski definition) is 3. The molecule has 3 aromatic rings. The predicted octanol–water partition coefficient (Wildman–Crippen LogP) is 2.93. The average Bonchev–Trinajstić information content (AvgIpc) is 2.95. The summed E-state index contributed by atoms with van der Waals surface area (Å²) in [5.41, 5.74) is 12.5. The lowest BCUT2D eigenvalue weighted by atomic mass is 10.1. The zero-order valence-electron chi connectivity index (χ0n) is 16.0. The fraction of sp³-hybridized carbons (Fsp3) is 0.286. The van der Waals surface area contributed by atoms with Crippen molar-refractivity contribution in [2.45, 2.75) is 33.4 Å². The standard InChI is InChI=1S/C21H23N5O2/c1-12-18(24-13(2)19(12)21(27)28)11-26-8-7-17-15(10-26)9-23-20(25-17)14-3-5-16(22)6-4-14/h3-6,9,24H,7-8,10-11,22H2,1-2H3,(H,27,28). The van der Waals surface area contributed by atoms with Gasteiger partial charge in [-0.25, -0.2) is 14.8 Å². The highest BCUT2D eigenvalue weighted by atomic mass is 16.4. The molecule has 3 heterocycles. The Hall–Kier alpha value is -3.19. The van der Waals surface area contributed by atoms with Crippen molar-refractivity contribution < 1.29 is 9.90 Å². The molecule has 4 N–H and O–H groups in total. The molecule has 0 fully saturated rings. The minimum absolute atomic E-state index is 0.379. The van der Waals surface area contributed by atoms with Gasteiger partial charge in [0.1, 0.15) is 0 Å². The third-order valence-electron chi connectivity index (χ3n) is 5.32. The van der Waals surface area contributed by atoms with Gasteiger partial charge in [0.05, 0.1) is 11.3 Å². The van der Waals surface area contributed by atoms with Gasteiger partial charge in [-0.1, -0.05) is 0 Å². The van der Waals surface area contributed by atoms with Gasteiger partial charge in [0, 0.05) is 60.5 Å². The number of aromatic carboxylic acids is 1. The van der Waals surface area contributed by atoms with Crippen LogP contribution in [0, 0.1) is 13.8 Å². The van der Waals surface area contributed by atoms with Crippen molar-refractivity contribution in [1.29, 1.82) is 0 Å². The molecular weight excluding hydrogens is 354 g/mol. The van der Waals surface area contributed by atoms with Gasteiger partial charge in [-0.2, -0.15) is 0 Å². The Kier molecular flexibility index (Phi) is 4.60. The van der Waals surface area contributed by atoms with Crippen molar-refractivity contribution in [3.63, 3.8) is 0 Å². The van der Waals surface area contributed by atoms with Crippen LogP contribution in [0.15, 0.2) is 30.5 Å². The summed E-state index contributed by atoms with van der Waals surface area (Å²) in [4.78, 5) is 26.2. The fourth-order valence-electron chi connectivity index (χ4n) is 3.80. The van der Waals surface area contributed by atoms with E-state index in [1.54, 1.807) is 6.92 Å². The van der Waals surface area contributed by atoms with E-state index in [4.69, 9.17) is 10.7 Å². The van der Waals surface area contributed by atoms with Crippen LogP contribution < -0.4 is 5.73 Å². The second-order valence-electron chi connectivity index (χ2n) is 7.28. The highest BCUT2D eigenvalue weighted by molar-refractivity contribution is 5.91. The lowest BCUT2D eigenvalue weighted by Crippen LogP contribution is -2.31. The van der Waals surface area contributed by atoms with E-state index in [0.717, 1.165) is 53.3 Å². The third kappa shape index (κ3) is 3.36. The Bertz CT molecular complexity index is 1040. The van der Waals surface area contributed by atoms with Gasteiger partial charge < -0.3 is 15.8 Å². The van der Waals surface area contributed by atoms with E-state index in [1.807, 2.05) is 37.4 Å². The summed E-state index contributed by atoms with van der Waals surface area (Å²) in [6.45, 7) is 5.96. The van der Waals surface area contributed by atoms with Crippen molar-refractivity contribution in [2.24, 2.45) is 0 Å². The maximum atomic E-state index is 11.4. The molecule has 28 heavy (non-hydrogen) atoms. The van der Waals surface area contributed by atoms with Gasteiger partial charge in [0.25, 0.3) is 0 Å². The summed E-state index contributed by atoms with van der Waals surface area (Å²) in [7, 11) is 0. The number of nitrogen functional groups attached to an aromatic ring is 1. The molecule has 4 rings (SSSR count). The molecule has 0 saturated carbocycles. The highest BCUT2D eigenvalue weighted by Gasteiger charge is 2.22. The number of H-pyrrole nitrogens is 1. The number of benzene rings is 1. The summed E-state index contributed by atoms with van der Waals surface area (Å²) >= 11 is 0. The Balaban J connectivity index is 1.52. The van der Waals surface area contributed by atoms with Crippen molar-refractivity contribution in [3.05, 3.63) is 64.2 Å². The normalized spacial score (nSPS) is 14.1. The zero-order valence-corrected chi connectivity index (χ0v) is 16.0. The van der Waals surface area contributed by atoms with E-state index in [1.165, 1.54) is 0 Å². The fourth-order valence-corrected chi connectivity index (χ4v) is 3.80. The van der Waals surface area contributed by atoms with Crippen LogP contribution in [0.1, 0.15) is 38.6 Å². The van der Waals surface area contributed by atoms with Crippen LogP contribution in [-0.4, -0.2) is 37.5 Å². The SMILES string of the molecule is Cc1[nH]c(CN2CCc3nc(-c4ccc(N)cc4)ncc3C2)c(C)c1C(=O)O. The third-order valence-corrected chi connectivity index (χ3v) is 5.32. The topological polar surface area (TPSA) is 108 Å². The molecule has 0 amide bonds. The van der Waals surface area contributed by atoms with Gasteiger partial charge in [-0.15, -0.1) is 0 Å². The maximum absolute atomic E-state index is 11.4. The number of aromatic amines is 1. The van der Waals surface area contributed by atoms with Crippen LogP contribution in [0.4, 0.5) is 5.69 Å². The molecular formula is C21H23N5O2. The number of hydrogen-bond acceptors (Lipinski definition) is 5. The molecule has 0 aliphatic carbocycles. The minimum atomic E-state index is -0.884. The first-order valence-electron chi connectivity index (χ1n) is 9.26. The first-order valence-corrected chi connectivity index (χ1v) is 9.26. The summed E-state index contributed by atoms with van der Waals surface area (Å²) < 4.78 is 0. The number of anilines is 1. The molecule has 2 aromatic heterocycles. The summed E-state index contributed by atoms with van der Waals surface area (Å²) in [5, 5.41) is 9.37. The monoisotopic (exact) mass is 377 g/mol. The molecule has 0 saturated heterocycles. The number of aryl methyl sites for hydroxylation is 1. The molecule has 7 heteroatoms. The summed E-state index contributed by atoms with van der Waals surface area (Å²) in [5.74, 6) is -0.167. The molecule has 0 atom stereocenters. The van der Waals surface area contributed by atoms with Crippen molar-refractivity contribution >= 4 is 11.7 Å². The number of nitrogens with zero attached hydrogens (tertiary/aromatic N) is 3. The van der Waals surface area contributed by atoms with Gasteiger partial charge in [0.15, 0.2) is 5.82 Å². The van der Waals surface area contributed by atoms with E-state index >= 15 is 0 Å². The molecule has 7 nitrogen and oxygen atoms in total. The number of carboxylic acid groups (broad SMARTS) is 1. The number of carboxylic acids is 1. The Morgan fingerprint density at radius 2 is 2.04 bits per heavy atom. The van der Waals surface area contributed by atoms with Gasteiger partial charge in [-0.3, -0.25) is 4.90 Å². The molecule has 1 aromatic carbocycles. The molecule has 0 bridgehead atoms. The Morgan fingerprint density at radius 1 is 1.29 bits per heavy atom. The van der Waals surface area contributed by atoms with Crippen LogP contribution >= 0.6 is 0 Å². The van der Waals surface area contributed by atoms with Gasteiger partial charge >= 0.3 is 5.97 Å². The number of fused-ring (bicyclic) bond motifs is 1.